The van der Waals surface area contributed by atoms with Crippen molar-refractivity contribution in [2.75, 3.05) is 13.2 Å². The number of fused-ring (bicyclic) bond motifs is 1. The Hall–Kier alpha value is -3.08. The van der Waals surface area contributed by atoms with E-state index in [1.54, 1.807) is 24.3 Å². The predicted octanol–water partition coefficient (Wildman–Crippen LogP) is 4.72. The van der Waals surface area contributed by atoms with Gasteiger partial charge in [-0.2, -0.15) is 0 Å². The Balaban J connectivity index is 1.48. The maximum Gasteiger partial charge on any atom is 0.336 e. The summed E-state index contributed by atoms with van der Waals surface area (Å²) in [6.45, 7) is 6.62. The van der Waals surface area contributed by atoms with Gasteiger partial charge in [0.25, 0.3) is 0 Å². The highest BCUT2D eigenvalue weighted by Crippen LogP contribution is 2.20. The van der Waals surface area contributed by atoms with E-state index >= 15 is 0 Å². The molecule has 1 heterocycles. The van der Waals surface area contributed by atoms with Crippen molar-refractivity contribution in [3.63, 3.8) is 0 Å². The van der Waals surface area contributed by atoms with Crippen LogP contribution >= 0.6 is 0 Å². The van der Waals surface area contributed by atoms with Crippen LogP contribution in [0.3, 0.4) is 0 Å². The molecule has 0 saturated heterocycles. The van der Waals surface area contributed by atoms with Gasteiger partial charge in [0.1, 0.15) is 24.5 Å². The van der Waals surface area contributed by atoms with Crippen LogP contribution in [-0.2, 0) is 16.0 Å². The maximum atomic E-state index is 12.3. The van der Waals surface area contributed by atoms with Gasteiger partial charge in [-0.3, -0.25) is 4.79 Å². The number of esters is 1. The van der Waals surface area contributed by atoms with E-state index < -0.39 is 0 Å². The van der Waals surface area contributed by atoms with Crippen molar-refractivity contribution in [3.05, 3.63) is 76.1 Å². The van der Waals surface area contributed by atoms with Crippen molar-refractivity contribution < 1.29 is 18.7 Å². The van der Waals surface area contributed by atoms with Crippen molar-refractivity contribution in [3.8, 4) is 5.75 Å². The Kier molecular flexibility index (Phi) is 6.70. The summed E-state index contributed by atoms with van der Waals surface area (Å²) >= 11 is 0. The number of carbonyl (C=O) groups excluding carboxylic acids is 1. The Morgan fingerprint density at radius 1 is 0.966 bits per heavy atom. The monoisotopic (exact) mass is 394 g/mol. The molecule has 29 heavy (non-hydrogen) atoms. The molecule has 5 heteroatoms. The molecule has 0 N–H and O–H groups in total. The number of hydrogen-bond donors (Lipinski definition) is 0. The average Bonchev–Trinajstić information content (AvgIpc) is 2.70. The number of carbonyl (C=O) groups is 1. The number of benzene rings is 2. The highest BCUT2D eigenvalue weighted by Gasteiger charge is 2.16. The molecule has 1 unspecified atom stereocenters. The van der Waals surface area contributed by atoms with E-state index in [2.05, 4.69) is 26.0 Å². The lowest BCUT2D eigenvalue weighted by molar-refractivity contribution is -0.145. The van der Waals surface area contributed by atoms with E-state index in [4.69, 9.17) is 13.9 Å². The highest BCUT2D eigenvalue weighted by atomic mass is 16.6. The predicted molar refractivity (Wildman–Crippen MR) is 112 cm³/mol. The second kappa shape index (κ2) is 9.41. The van der Waals surface area contributed by atoms with Crippen LogP contribution in [0.1, 0.15) is 37.8 Å². The Labute approximate surface area is 170 Å². The minimum Gasteiger partial charge on any atom is -0.490 e. The molecular formula is C24H26O5. The Morgan fingerprint density at radius 2 is 1.72 bits per heavy atom. The lowest BCUT2D eigenvalue weighted by Gasteiger charge is -2.13. The van der Waals surface area contributed by atoms with E-state index in [1.165, 1.54) is 11.6 Å². The van der Waals surface area contributed by atoms with Gasteiger partial charge in [0.2, 0.25) is 0 Å². The van der Waals surface area contributed by atoms with Crippen molar-refractivity contribution in [2.45, 2.75) is 33.1 Å². The van der Waals surface area contributed by atoms with Gasteiger partial charge in [0.05, 0.1) is 5.92 Å². The SMILES string of the molecule is CC(C)Cc1ccc(C(C)C(=O)OCCOc2ccc3oc(=O)ccc3c2)cc1. The summed E-state index contributed by atoms with van der Waals surface area (Å²) in [6, 6.07) is 16.4. The third-order valence-corrected chi connectivity index (χ3v) is 4.66. The molecule has 0 fully saturated rings. The van der Waals surface area contributed by atoms with Crippen LogP contribution in [-0.4, -0.2) is 19.2 Å². The molecule has 152 valence electrons. The quantitative estimate of drug-likeness (QED) is 0.314. The van der Waals surface area contributed by atoms with E-state index in [9.17, 15) is 9.59 Å². The molecule has 0 aliphatic carbocycles. The van der Waals surface area contributed by atoms with Crippen LogP contribution in [0.2, 0.25) is 0 Å². The number of hydrogen-bond acceptors (Lipinski definition) is 5. The number of rotatable bonds is 8. The van der Waals surface area contributed by atoms with E-state index in [0.717, 1.165) is 17.4 Å². The first kappa shape index (κ1) is 20.6. The number of ether oxygens (including phenoxy) is 2. The molecule has 0 spiro atoms. The van der Waals surface area contributed by atoms with Gasteiger partial charge in [-0.25, -0.2) is 4.79 Å². The molecule has 0 radical (unpaired) electrons. The molecular weight excluding hydrogens is 368 g/mol. The summed E-state index contributed by atoms with van der Waals surface area (Å²) in [5.41, 5.74) is 2.33. The Bertz CT molecular complexity index is 1020. The molecule has 0 amide bonds. The van der Waals surface area contributed by atoms with Crippen molar-refractivity contribution in [2.24, 2.45) is 5.92 Å². The minimum atomic E-state index is -0.387. The molecule has 0 saturated carbocycles. The fraction of sp³-hybridized carbons (Fsp3) is 0.333. The molecule has 0 aliphatic rings. The smallest absolute Gasteiger partial charge is 0.336 e. The maximum absolute atomic E-state index is 12.3. The molecule has 5 nitrogen and oxygen atoms in total. The average molecular weight is 394 g/mol. The third kappa shape index (κ3) is 5.70. The second-order valence-corrected chi connectivity index (χ2v) is 7.53. The van der Waals surface area contributed by atoms with Crippen LogP contribution in [0.5, 0.6) is 5.75 Å². The zero-order valence-corrected chi connectivity index (χ0v) is 17.0. The second-order valence-electron chi connectivity index (χ2n) is 7.53. The molecule has 0 aliphatic heterocycles. The van der Waals surface area contributed by atoms with Gasteiger partial charge in [0, 0.05) is 11.5 Å². The van der Waals surface area contributed by atoms with Crippen LogP contribution in [0.15, 0.2) is 63.8 Å². The first-order chi connectivity index (χ1) is 13.9. The highest BCUT2D eigenvalue weighted by molar-refractivity contribution is 5.78. The first-order valence-electron chi connectivity index (χ1n) is 9.84. The van der Waals surface area contributed by atoms with Crippen LogP contribution < -0.4 is 10.4 Å². The lowest BCUT2D eigenvalue weighted by atomic mass is 9.97. The minimum absolute atomic E-state index is 0.163. The van der Waals surface area contributed by atoms with Gasteiger partial charge in [-0.05, 0) is 54.7 Å². The summed E-state index contributed by atoms with van der Waals surface area (Å²) in [5.74, 6) is 0.623. The fourth-order valence-corrected chi connectivity index (χ4v) is 3.12. The normalized spacial score (nSPS) is 12.1. The van der Waals surface area contributed by atoms with Gasteiger partial charge < -0.3 is 13.9 Å². The summed E-state index contributed by atoms with van der Waals surface area (Å²) in [5, 5.41) is 0.772. The molecule has 2 aromatic carbocycles. The zero-order chi connectivity index (χ0) is 20.8. The third-order valence-electron chi connectivity index (χ3n) is 4.66. The lowest BCUT2D eigenvalue weighted by Crippen LogP contribution is -2.17. The van der Waals surface area contributed by atoms with Crippen molar-refractivity contribution in [1.29, 1.82) is 0 Å². The van der Waals surface area contributed by atoms with Gasteiger partial charge in [-0.15, -0.1) is 0 Å². The van der Waals surface area contributed by atoms with Crippen LogP contribution in [0, 0.1) is 5.92 Å². The molecule has 0 bridgehead atoms. The van der Waals surface area contributed by atoms with Gasteiger partial charge in [0.15, 0.2) is 0 Å². The molecule has 1 aromatic heterocycles. The largest absolute Gasteiger partial charge is 0.490 e. The summed E-state index contributed by atoms with van der Waals surface area (Å²) in [7, 11) is 0. The topological polar surface area (TPSA) is 65.7 Å². The van der Waals surface area contributed by atoms with E-state index in [0.29, 0.717) is 17.3 Å². The summed E-state index contributed by atoms with van der Waals surface area (Å²) in [4.78, 5) is 23.5. The summed E-state index contributed by atoms with van der Waals surface area (Å²) < 4.78 is 16.1. The Morgan fingerprint density at radius 3 is 2.45 bits per heavy atom. The molecule has 3 rings (SSSR count). The fourth-order valence-electron chi connectivity index (χ4n) is 3.12. The van der Waals surface area contributed by atoms with Crippen LogP contribution in [0.25, 0.3) is 11.0 Å². The van der Waals surface area contributed by atoms with E-state index in [1.807, 2.05) is 19.1 Å². The van der Waals surface area contributed by atoms with Gasteiger partial charge in [-0.1, -0.05) is 38.1 Å². The summed E-state index contributed by atoms with van der Waals surface area (Å²) in [6.07, 6.45) is 1.03. The molecule has 3 aromatic rings. The standard InChI is InChI=1S/C24H26O5/c1-16(2)14-18-4-6-19(7-5-18)17(3)24(26)28-13-12-27-21-9-10-22-20(15-21)8-11-23(25)29-22/h4-11,15-17H,12-14H2,1-3H3. The molecule has 1 atom stereocenters. The first-order valence-corrected chi connectivity index (χ1v) is 9.84. The van der Waals surface area contributed by atoms with Crippen molar-refractivity contribution in [1.82, 2.24) is 0 Å². The van der Waals surface area contributed by atoms with Crippen molar-refractivity contribution >= 4 is 16.9 Å². The van der Waals surface area contributed by atoms with Crippen LogP contribution in [0.4, 0.5) is 0 Å². The zero-order valence-electron chi connectivity index (χ0n) is 17.0. The van der Waals surface area contributed by atoms with Gasteiger partial charge >= 0.3 is 11.6 Å². The van der Waals surface area contributed by atoms with E-state index in [-0.39, 0.29) is 30.7 Å².